The molecule has 3 atom stereocenters. The summed E-state index contributed by atoms with van der Waals surface area (Å²) in [6, 6.07) is 0. The Morgan fingerprint density at radius 3 is 2.21 bits per heavy atom. The summed E-state index contributed by atoms with van der Waals surface area (Å²) in [6.45, 7) is 5.68. The Labute approximate surface area is 144 Å². The Hall–Kier alpha value is -0.150. The normalized spacial score (nSPS) is 15.5. The minimum Gasteiger partial charge on any atom is -1.00 e. The van der Waals surface area contributed by atoms with E-state index in [9.17, 15) is 18.0 Å². The van der Waals surface area contributed by atoms with Crippen molar-refractivity contribution in [3.8, 4) is 0 Å². The van der Waals surface area contributed by atoms with E-state index >= 15 is 0 Å². The average Bonchev–Trinajstić information content (AvgIpc) is 2.22. The van der Waals surface area contributed by atoms with Gasteiger partial charge in [0, 0.05) is 12.0 Å². The summed E-state index contributed by atoms with van der Waals surface area (Å²) in [5.74, 6) is -3.10. The molecule has 0 aliphatic rings. The Balaban J connectivity index is -0.000000482. The van der Waals surface area contributed by atoms with E-state index in [1.54, 1.807) is 0 Å². The molecule has 0 heterocycles. The molecule has 0 radical (unpaired) electrons. The van der Waals surface area contributed by atoms with Crippen molar-refractivity contribution in [2.45, 2.75) is 31.6 Å². The van der Waals surface area contributed by atoms with E-state index in [0.29, 0.717) is 0 Å². The Bertz CT molecular complexity index is 441. The number of ether oxygens (including phenoxy) is 1. The fourth-order valence-corrected chi connectivity index (χ4v) is 2.21. The summed E-state index contributed by atoms with van der Waals surface area (Å²) in [6.07, 6.45) is -0.651. The summed E-state index contributed by atoms with van der Waals surface area (Å²) in [5.41, 5.74) is 0. The van der Waals surface area contributed by atoms with Crippen molar-refractivity contribution in [1.82, 2.24) is 0 Å². The number of esters is 1. The summed E-state index contributed by atoms with van der Waals surface area (Å²) in [4.78, 5) is 21.6. The fourth-order valence-electron chi connectivity index (χ4n) is 1.45. The monoisotopic (exact) mass is 322 g/mol. The van der Waals surface area contributed by atoms with Crippen molar-refractivity contribution in [3.05, 3.63) is 12.7 Å². The molecule has 0 rings (SSSR count). The number of carboxylic acid groups (broad SMARTS) is 1. The van der Waals surface area contributed by atoms with Gasteiger partial charge in [-0.3, -0.25) is 9.35 Å². The quantitative estimate of drug-likeness (QED) is 0.300. The molecule has 0 fully saturated rings. The molecule has 0 aliphatic carbocycles. The number of carbonyl (C=O) groups excluding carboxylic acids is 1. The Morgan fingerprint density at radius 1 is 1.42 bits per heavy atom. The molecule has 2 N–H and O–H groups in total. The van der Waals surface area contributed by atoms with E-state index in [0.717, 1.165) is 13.0 Å². The van der Waals surface area contributed by atoms with Gasteiger partial charge in [0.25, 0.3) is 10.1 Å². The van der Waals surface area contributed by atoms with Gasteiger partial charge in [0.2, 0.25) is 0 Å². The molecule has 7 nitrogen and oxygen atoms in total. The second-order valence-corrected chi connectivity index (χ2v) is 5.60. The van der Waals surface area contributed by atoms with Crippen molar-refractivity contribution in [3.63, 3.8) is 0 Å². The number of rotatable bonds is 7. The average molecular weight is 322 g/mol. The van der Waals surface area contributed by atoms with Gasteiger partial charge < -0.3 is 12.7 Å². The predicted molar refractivity (Wildman–Crippen MR) is 70.5 cm³/mol. The summed E-state index contributed by atoms with van der Waals surface area (Å²) in [7, 11) is -4.42. The topological polar surface area (TPSA) is 118 Å². The maximum absolute atomic E-state index is 11.0. The molecule has 0 aromatic carbocycles. The van der Waals surface area contributed by atoms with Crippen LogP contribution in [0.2, 0.25) is 0 Å². The molecule has 0 saturated carbocycles. The SMILES string of the molecule is C=CC(=O)OC(C)C(CC(=O)O)C(C)S(=O)(=O)O.[Ca+2].[H-].[H-]. The zero-order chi connectivity index (χ0) is 14.5. The van der Waals surface area contributed by atoms with E-state index in [2.05, 4.69) is 6.58 Å². The largest absolute Gasteiger partial charge is 2.00 e. The van der Waals surface area contributed by atoms with E-state index in [-0.39, 0.29) is 40.6 Å². The molecule has 0 bridgehead atoms. The molecule has 0 aromatic rings. The van der Waals surface area contributed by atoms with Gasteiger partial charge in [-0.15, -0.1) is 0 Å². The molecule has 0 aromatic heterocycles. The number of hydrogen-bond acceptors (Lipinski definition) is 5. The van der Waals surface area contributed by atoms with E-state index in [1.165, 1.54) is 6.92 Å². The van der Waals surface area contributed by atoms with Gasteiger partial charge in [-0.05, 0) is 13.8 Å². The van der Waals surface area contributed by atoms with Crippen LogP contribution in [-0.4, -0.2) is 79.1 Å². The van der Waals surface area contributed by atoms with Crippen LogP contribution in [0, 0.1) is 5.92 Å². The summed E-state index contributed by atoms with van der Waals surface area (Å²) < 4.78 is 35.7. The minimum absolute atomic E-state index is 0. The minimum atomic E-state index is -4.42. The second kappa shape index (κ2) is 8.91. The van der Waals surface area contributed by atoms with Crippen LogP contribution >= 0.6 is 0 Å². The van der Waals surface area contributed by atoms with Gasteiger partial charge in [-0.25, -0.2) is 4.79 Å². The molecule has 0 saturated heterocycles. The van der Waals surface area contributed by atoms with Crippen LogP contribution in [0.4, 0.5) is 0 Å². The molecular formula is C10H18CaO7S. The molecule has 0 amide bonds. The van der Waals surface area contributed by atoms with Crippen molar-refractivity contribution in [2.24, 2.45) is 5.92 Å². The molecule has 19 heavy (non-hydrogen) atoms. The summed E-state index contributed by atoms with van der Waals surface area (Å²) in [5, 5.41) is 7.34. The first-order valence-corrected chi connectivity index (χ1v) is 6.61. The number of aliphatic carboxylic acids is 1. The van der Waals surface area contributed by atoms with Gasteiger partial charge >= 0.3 is 49.7 Å². The standard InChI is InChI=1S/C10H16O7S.Ca.2H/c1-4-10(13)17-6(2)8(5-9(11)12)7(3)18(14,15)16;;;/h4,6-8H,1,5H2,2-3H3,(H,11,12)(H,14,15,16);;;/q;+2;2*-1. The van der Waals surface area contributed by atoms with Gasteiger partial charge in [0.15, 0.2) is 0 Å². The van der Waals surface area contributed by atoms with Crippen molar-refractivity contribution in [1.29, 1.82) is 0 Å². The first-order chi connectivity index (χ1) is 8.09. The maximum Gasteiger partial charge on any atom is 2.00 e. The summed E-state index contributed by atoms with van der Waals surface area (Å²) >= 11 is 0. The van der Waals surface area contributed by atoms with Crippen LogP contribution in [0.3, 0.4) is 0 Å². The van der Waals surface area contributed by atoms with Crippen LogP contribution in [0.5, 0.6) is 0 Å². The molecule has 0 spiro atoms. The van der Waals surface area contributed by atoms with Crippen molar-refractivity contribution in [2.75, 3.05) is 0 Å². The fraction of sp³-hybridized carbons (Fsp3) is 0.600. The third kappa shape index (κ3) is 7.88. The third-order valence-corrected chi connectivity index (χ3v) is 3.84. The van der Waals surface area contributed by atoms with Crippen LogP contribution in [0.1, 0.15) is 23.1 Å². The zero-order valence-electron chi connectivity index (χ0n) is 12.8. The van der Waals surface area contributed by atoms with Crippen LogP contribution in [0.25, 0.3) is 0 Å². The van der Waals surface area contributed by atoms with E-state index < -0.39 is 45.7 Å². The first-order valence-electron chi connectivity index (χ1n) is 5.10. The van der Waals surface area contributed by atoms with E-state index in [1.807, 2.05) is 0 Å². The van der Waals surface area contributed by atoms with Gasteiger partial charge in [0.1, 0.15) is 6.10 Å². The predicted octanol–water partition coefficient (Wildman–Crippen LogP) is 0.315. The van der Waals surface area contributed by atoms with Crippen molar-refractivity contribution >= 4 is 59.8 Å². The number of hydrogen-bond donors (Lipinski definition) is 2. The van der Waals surface area contributed by atoms with Crippen LogP contribution in [0.15, 0.2) is 12.7 Å². The van der Waals surface area contributed by atoms with Gasteiger partial charge in [-0.1, -0.05) is 6.58 Å². The van der Waals surface area contributed by atoms with Crippen LogP contribution < -0.4 is 0 Å². The van der Waals surface area contributed by atoms with Gasteiger partial charge in [-0.2, -0.15) is 8.42 Å². The molecule has 108 valence electrons. The Morgan fingerprint density at radius 2 is 1.89 bits per heavy atom. The first kappa shape index (κ1) is 21.2. The number of carboxylic acids is 1. The zero-order valence-corrected chi connectivity index (χ0v) is 13.8. The van der Waals surface area contributed by atoms with Crippen LogP contribution in [-0.2, 0) is 24.4 Å². The molecule has 0 aliphatic heterocycles. The second-order valence-electron chi connectivity index (χ2n) is 3.83. The smallest absolute Gasteiger partial charge is 1.00 e. The van der Waals surface area contributed by atoms with Crippen molar-refractivity contribution < 1.29 is 35.3 Å². The Kier molecular flexibility index (Phi) is 9.92. The molecular weight excluding hydrogens is 304 g/mol. The van der Waals surface area contributed by atoms with E-state index in [4.69, 9.17) is 14.4 Å². The van der Waals surface area contributed by atoms with Gasteiger partial charge in [0.05, 0.1) is 11.7 Å². The maximum atomic E-state index is 11.0. The number of carbonyl (C=O) groups is 2. The molecule has 9 heteroatoms. The molecule has 3 unspecified atom stereocenters. The third-order valence-electron chi connectivity index (χ3n) is 2.55.